The number of allylic oxidation sites excluding steroid dienone is 2. The average Bonchev–Trinajstić information content (AvgIpc) is 3.45. The van der Waals surface area contributed by atoms with Gasteiger partial charge in [0, 0.05) is 17.0 Å². The second-order valence-corrected chi connectivity index (χ2v) is 8.83. The molecule has 1 saturated carbocycles. The van der Waals surface area contributed by atoms with Crippen molar-refractivity contribution in [2.45, 2.75) is 38.6 Å². The lowest BCUT2D eigenvalue weighted by Gasteiger charge is -2.24. The third-order valence-electron chi connectivity index (χ3n) is 5.62. The van der Waals surface area contributed by atoms with Gasteiger partial charge >= 0.3 is 5.97 Å². The van der Waals surface area contributed by atoms with E-state index in [1.807, 2.05) is 42.6 Å². The van der Waals surface area contributed by atoms with Gasteiger partial charge in [0.15, 0.2) is 0 Å². The molecule has 2 atom stereocenters. The van der Waals surface area contributed by atoms with Crippen molar-refractivity contribution in [3.63, 3.8) is 0 Å². The molecule has 7 heteroatoms. The van der Waals surface area contributed by atoms with E-state index >= 15 is 0 Å². The fourth-order valence-corrected chi connectivity index (χ4v) is 4.66. The molecule has 1 aromatic heterocycles. The standard InChI is InChI=1S/C23H24N2O4S/c1-13-6-8-14(9-7-13)18-12-30-22(19(18)21(27)24-15-10-11-15)25-20(26)16-4-2-3-5-17(16)23(28)29/h2-3,6-9,12,15-17H,4-5,10-11H2,1H3,(H,24,27)(H,25,26)(H,28,29)/t16-,17-/m0/s1. The molecule has 1 fully saturated rings. The number of carbonyl (C=O) groups is 3. The first-order chi connectivity index (χ1) is 14.4. The first kappa shape index (κ1) is 20.3. The maximum atomic E-state index is 13.0. The lowest BCUT2D eigenvalue weighted by Crippen LogP contribution is -2.35. The number of anilines is 1. The number of carbonyl (C=O) groups excluding carboxylic acids is 2. The summed E-state index contributed by atoms with van der Waals surface area (Å²) in [5, 5.41) is 17.7. The lowest BCUT2D eigenvalue weighted by molar-refractivity contribution is -0.146. The van der Waals surface area contributed by atoms with E-state index in [1.54, 1.807) is 6.08 Å². The van der Waals surface area contributed by atoms with Gasteiger partial charge in [-0.1, -0.05) is 42.0 Å². The third kappa shape index (κ3) is 4.31. The van der Waals surface area contributed by atoms with Gasteiger partial charge in [-0.2, -0.15) is 0 Å². The minimum absolute atomic E-state index is 0.187. The topological polar surface area (TPSA) is 95.5 Å². The molecule has 30 heavy (non-hydrogen) atoms. The van der Waals surface area contributed by atoms with E-state index in [9.17, 15) is 19.5 Å². The zero-order chi connectivity index (χ0) is 21.3. The summed E-state index contributed by atoms with van der Waals surface area (Å²) in [6.07, 6.45) is 6.29. The highest BCUT2D eigenvalue weighted by molar-refractivity contribution is 7.15. The molecule has 0 spiro atoms. The van der Waals surface area contributed by atoms with Gasteiger partial charge in [0.05, 0.1) is 17.4 Å². The highest BCUT2D eigenvalue weighted by Gasteiger charge is 2.35. The van der Waals surface area contributed by atoms with Gasteiger partial charge in [-0.25, -0.2) is 0 Å². The number of rotatable bonds is 6. The van der Waals surface area contributed by atoms with Crippen molar-refractivity contribution in [1.82, 2.24) is 5.32 Å². The summed E-state index contributed by atoms with van der Waals surface area (Å²) in [4.78, 5) is 37.5. The van der Waals surface area contributed by atoms with Crippen LogP contribution in [0.3, 0.4) is 0 Å². The molecule has 1 aromatic carbocycles. The molecule has 4 rings (SSSR count). The summed E-state index contributed by atoms with van der Waals surface area (Å²) in [7, 11) is 0. The average molecular weight is 425 g/mol. The Bertz CT molecular complexity index is 1000. The molecule has 2 aliphatic carbocycles. The van der Waals surface area contributed by atoms with E-state index in [0.29, 0.717) is 23.4 Å². The van der Waals surface area contributed by atoms with Crippen LogP contribution in [0.15, 0.2) is 41.8 Å². The van der Waals surface area contributed by atoms with Crippen LogP contribution >= 0.6 is 11.3 Å². The minimum atomic E-state index is -0.974. The van der Waals surface area contributed by atoms with Crippen LogP contribution in [-0.4, -0.2) is 28.9 Å². The van der Waals surface area contributed by atoms with E-state index < -0.39 is 17.8 Å². The molecule has 0 bridgehead atoms. The van der Waals surface area contributed by atoms with Crippen LogP contribution < -0.4 is 10.6 Å². The Labute approximate surface area is 179 Å². The Balaban J connectivity index is 1.64. The van der Waals surface area contributed by atoms with Crippen molar-refractivity contribution < 1.29 is 19.5 Å². The summed E-state index contributed by atoms with van der Waals surface area (Å²) >= 11 is 1.29. The molecule has 0 saturated heterocycles. The van der Waals surface area contributed by atoms with E-state index in [0.717, 1.165) is 29.5 Å². The number of hydrogen-bond acceptors (Lipinski definition) is 4. The fourth-order valence-electron chi connectivity index (χ4n) is 3.69. The summed E-state index contributed by atoms with van der Waals surface area (Å²) in [6.45, 7) is 2.00. The monoisotopic (exact) mass is 424 g/mol. The highest BCUT2D eigenvalue weighted by atomic mass is 32.1. The number of thiophene rings is 1. The molecule has 0 radical (unpaired) electrons. The first-order valence-electron chi connectivity index (χ1n) is 10.1. The summed E-state index contributed by atoms with van der Waals surface area (Å²) < 4.78 is 0. The molecule has 0 unspecified atom stereocenters. The van der Waals surface area contributed by atoms with Gasteiger partial charge in [-0.05, 0) is 38.2 Å². The van der Waals surface area contributed by atoms with Crippen molar-refractivity contribution in [3.05, 3.63) is 52.9 Å². The van der Waals surface area contributed by atoms with Crippen LogP contribution in [0.1, 0.15) is 41.6 Å². The van der Waals surface area contributed by atoms with Crippen molar-refractivity contribution in [2.75, 3.05) is 5.32 Å². The van der Waals surface area contributed by atoms with Crippen LogP contribution in [0.4, 0.5) is 5.00 Å². The number of carboxylic acid groups (broad SMARTS) is 1. The van der Waals surface area contributed by atoms with E-state index in [-0.39, 0.29) is 17.9 Å². The van der Waals surface area contributed by atoms with Crippen molar-refractivity contribution in [2.24, 2.45) is 11.8 Å². The third-order valence-corrected chi connectivity index (χ3v) is 6.51. The fraction of sp³-hybridized carbons (Fsp3) is 0.348. The van der Waals surface area contributed by atoms with Crippen LogP contribution in [0.2, 0.25) is 0 Å². The summed E-state index contributed by atoms with van der Waals surface area (Å²) in [6, 6.07) is 8.08. The Morgan fingerprint density at radius 3 is 2.33 bits per heavy atom. The van der Waals surface area contributed by atoms with E-state index in [1.165, 1.54) is 11.3 Å². The zero-order valence-electron chi connectivity index (χ0n) is 16.7. The Morgan fingerprint density at radius 2 is 1.70 bits per heavy atom. The molecular formula is C23H24N2O4S. The number of benzene rings is 1. The molecule has 2 aliphatic rings. The number of nitrogens with one attached hydrogen (secondary N) is 2. The van der Waals surface area contributed by atoms with Gasteiger partial charge in [0.25, 0.3) is 5.91 Å². The lowest BCUT2D eigenvalue weighted by atomic mass is 9.82. The van der Waals surface area contributed by atoms with E-state index in [4.69, 9.17) is 0 Å². The highest BCUT2D eigenvalue weighted by Crippen LogP contribution is 2.37. The number of aliphatic carboxylic acids is 1. The minimum Gasteiger partial charge on any atom is -0.481 e. The Hall–Kier alpha value is -2.93. The number of aryl methyl sites for hydroxylation is 1. The number of amides is 2. The van der Waals surface area contributed by atoms with Crippen LogP contribution in [0.5, 0.6) is 0 Å². The second kappa shape index (κ2) is 8.44. The van der Waals surface area contributed by atoms with Gasteiger partial charge in [-0.15, -0.1) is 11.3 Å². The van der Waals surface area contributed by atoms with Gasteiger partial charge in [0.2, 0.25) is 5.91 Å². The molecule has 2 amide bonds. The SMILES string of the molecule is Cc1ccc(-c2csc(NC(=O)[C@H]3CC=CC[C@@H]3C(=O)O)c2C(=O)NC2CC2)cc1. The van der Waals surface area contributed by atoms with Crippen molar-refractivity contribution in [1.29, 1.82) is 0 Å². The molecule has 3 N–H and O–H groups in total. The largest absolute Gasteiger partial charge is 0.481 e. The smallest absolute Gasteiger partial charge is 0.307 e. The second-order valence-electron chi connectivity index (χ2n) is 7.95. The molecule has 156 valence electrons. The maximum absolute atomic E-state index is 13.0. The number of carboxylic acids is 1. The quantitative estimate of drug-likeness (QED) is 0.605. The summed E-state index contributed by atoms with van der Waals surface area (Å²) in [5.41, 5.74) is 3.24. The van der Waals surface area contributed by atoms with Gasteiger partial charge < -0.3 is 15.7 Å². The molecule has 6 nitrogen and oxygen atoms in total. The predicted molar refractivity (Wildman–Crippen MR) is 117 cm³/mol. The van der Waals surface area contributed by atoms with Crippen molar-refractivity contribution >= 4 is 34.1 Å². The first-order valence-corrected chi connectivity index (χ1v) is 11.0. The van der Waals surface area contributed by atoms with Crippen LogP contribution in [-0.2, 0) is 9.59 Å². The van der Waals surface area contributed by atoms with Crippen LogP contribution in [0, 0.1) is 18.8 Å². The maximum Gasteiger partial charge on any atom is 0.307 e. The molecule has 1 heterocycles. The normalized spacial score (nSPS) is 20.6. The van der Waals surface area contributed by atoms with Crippen LogP contribution in [0.25, 0.3) is 11.1 Å². The molecule has 0 aliphatic heterocycles. The zero-order valence-corrected chi connectivity index (χ0v) is 17.5. The number of hydrogen-bond donors (Lipinski definition) is 3. The van der Waals surface area contributed by atoms with E-state index in [2.05, 4.69) is 10.6 Å². The van der Waals surface area contributed by atoms with Crippen molar-refractivity contribution in [3.8, 4) is 11.1 Å². The Kier molecular flexibility index (Phi) is 5.72. The van der Waals surface area contributed by atoms with Gasteiger partial charge in [0.1, 0.15) is 5.00 Å². The molecule has 2 aromatic rings. The van der Waals surface area contributed by atoms with Gasteiger partial charge in [-0.3, -0.25) is 14.4 Å². The predicted octanol–water partition coefficient (Wildman–Crippen LogP) is 4.22. The summed E-state index contributed by atoms with van der Waals surface area (Å²) in [5.74, 6) is -2.95. The molecular weight excluding hydrogens is 400 g/mol. The Morgan fingerprint density at radius 1 is 1.03 bits per heavy atom.